The van der Waals surface area contributed by atoms with Crippen LogP contribution in [0.1, 0.15) is 38.0 Å². The van der Waals surface area contributed by atoms with Gasteiger partial charge in [0, 0.05) is 5.56 Å². The Morgan fingerprint density at radius 3 is 1.46 bits per heavy atom. The Kier molecular flexibility index (Phi) is 17.3. The number of carbonyl (C=O) groups is 3. The summed E-state index contributed by atoms with van der Waals surface area (Å²) in [6.07, 6.45) is 0. The van der Waals surface area contributed by atoms with Crippen molar-refractivity contribution in [3.8, 4) is 17.2 Å². The molecule has 12 nitrogen and oxygen atoms in total. The predicted octanol–water partition coefficient (Wildman–Crippen LogP) is 1.60. The number of Topliss-reactive ketones (excluding diaryl/α,β-unsaturated/α-hetero) is 1. The Labute approximate surface area is 219 Å². The molecule has 0 aliphatic carbocycles. The number of benzene rings is 3. The topological polar surface area (TPSA) is 251 Å². The number of aromatic carboxylic acids is 1. The van der Waals surface area contributed by atoms with E-state index in [2.05, 4.69) is 16.4 Å². The van der Waals surface area contributed by atoms with Crippen LogP contribution >= 0.6 is 0 Å². The predicted molar refractivity (Wildman–Crippen MR) is 132 cm³/mol. The van der Waals surface area contributed by atoms with E-state index in [0.717, 1.165) is 42.5 Å². The summed E-state index contributed by atoms with van der Waals surface area (Å²) in [7, 11) is 0. The van der Waals surface area contributed by atoms with Crippen LogP contribution in [0.15, 0.2) is 54.6 Å². The molecule has 39 heavy (non-hydrogen) atoms. The maximum absolute atomic E-state index is 12.5. The van der Waals surface area contributed by atoms with Crippen LogP contribution in [0.3, 0.4) is 0 Å². The molecular weight excluding hydrogens is 531 g/mol. The van der Waals surface area contributed by atoms with Gasteiger partial charge >= 0.3 is 11.9 Å². The second-order valence-electron chi connectivity index (χ2n) is 6.65. The normalized spacial score (nSPS) is 9.10. The van der Waals surface area contributed by atoms with Crippen LogP contribution in [-0.2, 0) is 4.74 Å². The number of carbonyl (C=O) groups excluding carboxylic acids is 2. The molecule has 0 heterocycles. The number of carboxylic acids is 1. The van der Waals surface area contributed by atoms with Gasteiger partial charge in [-0.05, 0) is 61.5 Å². The van der Waals surface area contributed by atoms with Crippen molar-refractivity contribution in [2.45, 2.75) is 6.92 Å². The molecule has 0 amide bonds. The second-order valence-corrected chi connectivity index (χ2v) is 6.65. The minimum absolute atomic E-state index is 0. The van der Waals surface area contributed by atoms with E-state index in [-0.39, 0.29) is 41.1 Å². The first kappa shape index (κ1) is 36.5. The summed E-state index contributed by atoms with van der Waals surface area (Å²) in [5, 5.41) is 34.9. The lowest BCUT2D eigenvalue weighted by Gasteiger charge is -2.01. The summed E-state index contributed by atoms with van der Waals surface area (Å²) in [6, 6.07) is 9.52. The molecule has 214 valence electrons. The minimum atomic E-state index is -1.19. The van der Waals surface area contributed by atoms with Crippen molar-refractivity contribution in [3.05, 3.63) is 88.7 Å². The summed E-state index contributed by atoms with van der Waals surface area (Å²) in [5.74, 6) is 1.85. The van der Waals surface area contributed by atoms with Gasteiger partial charge in [-0.2, -0.15) is 0 Å². The van der Waals surface area contributed by atoms with Crippen LogP contribution in [0.4, 0.5) is 13.2 Å². The van der Waals surface area contributed by atoms with E-state index in [1.807, 2.05) is 0 Å². The molecule has 3 aromatic carbocycles. The first-order chi connectivity index (χ1) is 17.9. The first-order valence-corrected chi connectivity index (χ1v) is 10.3. The monoisotopic (exact) mass is 559 g/mol. The van der Waals surface area contributed by atoms with Crippen molar-refractivity contribution in [2.75, 3.05) is 13.2 Å². The molecule has 0 saturated heterocycles. The highest BCUT2D eigenvalue weighted by atomic mass is 19.1. The molecule has 0 atom stereocenters. The molecule has 0 radical (unpaired) electrons. The molecule has 0 saturated carbocycles. The Morgan fingerprint density at radius 2 is 1.10 bits per heavy atom. The molecule has 0 fully saturated rings. The average Bonchev–Trinajstić information content (AvgIpc) is 2.90. The highest BCUT2D eigenvalue weighted by molar-refractivity contribution is 5.97. The van der Waals surface area contributed by atoms with Gasteiger partial charge in [-0.1, -0.05) is 0 Å². The SMILES string of the molecule is CCOC(=O)c1ccc(F)c(O)c1.NCC(=O)c1ccc(F)c(O)c1.NN.O.O=C(O)c1ccc(F)c(O)c1. The molecular formula is C24H28F3N3O9. The van der Waals surface area contributed by atoms with Crippen LogP contribution in [-0.4, -0.2) is 56.8 Å². The van der Waals surface area contributed by atoms with Crippen LogP contribution in [0.5, 0.6) is 17.2 Å². The fraction of sp³-hybridized carbons (Fsp3) is 0.125. The molecule has 0 spiro atoms. The molecule has 0 aromatic heterocycles. The number of halogens is 3. The number of carboxylic acid groups (broad SMARTS) is 1. The zero-order chi connectivity index (χ0) is 29.4. The number of phenolic OH excluding ortho intramolecular Hbond substituents is 3. The van der Waals surface area contributed by atoms with Gasteiger partial charge in [0.05, 0.1) is 24.3 Å². The smallest absolute Gasteiger partial charge is 0.338 e. The third kappa shape index (κ3) is 12.4. The van der Waals surface area contributed by atoms with Crippen molar-refractivity contribution in [1.82, 2.24) is 0 Å². The Morgan fingerprint density at radius 1 is 0.744 bits per heavy atom. The third-order valence-electron chi connectivity index (χ3n) is 4.10. The third-order valence-corrected chi connectivity index (χ3v) is 4.10. The number of hydrazine groups is 1. The van der Waals surface area contributed by atoms with E-state index in [4.69, 9.17) is 26.2 Å². The van der Waals surface area contributed by atoms with Gasteiger partial charge in [0.15, 0.2) is 40.5 Å². The Bertz CT molecular complexity index is 1240. The van der Waals surface area contributed by atoms with Crippen molar-refractivity contribution >= 4 is 17.7 Å². The largest absolute Gasteiger partial charge is 0.505 e. The average molecular weight is 559 g/mol. The number of ketones is 1. The van der Waals surface area contributed by atoms with Gasteiger partial charge in [-0.3, -0.25) is 16.5 Å². The Hall–Kier alpha value is -4.70. The van der Waals surface area contributed by atoms with Gasteiger partial charge in [0.25, 0.3) is 0 Å². The van der Waals surface area contributed by atoms with Crippen molar-refractivity contribution in [3.63, 3.8) is 0 Å². The maximum atomic E-state index is 12.5. The summed E-state index contributed by atoms with van der Waals surface area (Å²) in [4.78, 5) is 32.2. The summed E-state index contributed by atoms with van der Waals surface area (Å²) < 4.78 is 42.0. The summed E-state index contributed by atoms with van der Waals surface area (Å²) in [5.41, 5.74) is 5.29. The number of nitrogens with two attached hydrogens (primary N) is 3. The molecule has 0 unspecified atom stereocenters. The van der Waals surface area contributed by atoms with E-state index < -0.39 is 46.6 Å². The number of esters is 1. The van der Waals surface area contributed by atoms with Crippen molar-refractivity contribution in [1.29, 1.82) is 0 Å². The fourth-order valence-corrected chi connectivity index (χ4v) is 2.30. The van der Waals surface area contributed by atoms with E-state index in [1.165, 1.54) is 12.1 Å². The molecule has 15 heteroatoms. The molecule has 0 bridgehead atoms. The van der Waals surface area contributed by atoms with Crippen LogP contribution < -0.4 is 17.4 Å². The zero-order valence-corrected chi connectivity index (χ0v) is 20.4. The first-order valence-electron chi connectivity index (χ1n) is 10.3. The summed E-state index contributed by atoms with van der Waals surface area (Å²) >= 11 is 0. The van der Waals surface area contributed by atoms with Gasteiger partial charge in [0.1, 0.15) is 0 Å². The highest BCUT2D eigenvalue weighted by Gasteiger charge is 2.09. The molecule has 0 aliphatic heterocycles. The van der Waals surface area contributed by atoms with E-state index in [9.17, 15) is 27.6 Å². The van der Waals surface area contributed by atoms with Gasteiger partial charge in [-0.25, -0.2) is 22.8 Å². The summed E-state index contributed by atoms with van der Waals surface area (Å²) in [6.45, 7) is 1.77. The fourth-order valence-electron chi connectivity index (χ4n) is 2.30. The lowest BCUT2D eigenvalue weighted by Crippen LogP contribution is -2.13. The molecule has 3 rings (SSSR count). The van der Waals surface area contributed by atoms with E-state index >= 15 is 0 Å². The molecule has 3 aromatic rings. The van der Waals surface area contributed by atoms with Gasteiger partial charge < -0.3 is 36.4 Å². The molecule has 0 aliphatic rings. The zero-order valence-electron chi connectivity index (χ0n) is 20.4. The number of aromatic hydroxyl groups is 3. The van der Waals surface area contributed by atoms with Crippen molar-refractivity contribution < 1.29 is 58.2 Å². The highest BCUT2D eigenvalue weighted by Crippen LogP contribution is 2.18. The van der Waals surface area contributed by atoms with Crippen LogP contribution in [0.2, 0.25) is 0 Å². The number of phenols is 3. The van der Waals surface area contributed by atoms with Crippen molar-refractivity contribution in [2.24, 2.45) is 17.4 Å². The number of ether oxygens (including phenoxy) is 1. The van der Waals surface area contributed by atoms with Gasteiger partial charge in [0.2, 0.25) is 0 Å². The number of hydrogen-bond donors (Lipinski definition) is 7. The van der Waals surface area contributed by atoms with Crippen LogP contribution in [0, 0.1) is 17.5 Å². The lowest BCUT2D eigenvalue weighted by molar-refractivity contribution is 0.0525. The Balaban J connectivity index is 0. The molecule has 12 N–H and O–H groups in total. The quantitative estimate of drug-likeness (QED) is 0.102. The van der Waals surface area contributed by atoms with E-state index in [1.54, 1.807) is 6.92 Å². The van der Waals surface area contributed by atoms with Crippen LogP contribution in [0.25, 0.3) is 0 Å². The standard InChI is InChI=1S/C9H9FO3.C8H8FNO2.C7H5FO3.H4N2.H2O/c1-2-13-9(12)6-3-4-7(10)8(11)5-6;9-6-2-1-5(3-7(6)11)8(12)4-10;8-5-2-1-4(7(10)11)3-6(5)9;1-2;/h3-5,11H,2H2,1H3;1-3,11H,4,10H2;1-3,9H,(H,10,11);1-2H2;1H2. The maximum Gasteiger partial charge on any atom is 0.338 e. The lowest BCUT2D eigenvalue weighted by atomic mass is 10.1. The number of hydrogen-bond acceptors (Lipinski definition) is 10. The minimum Gasteiger partial charge on any atom is -0.505 e. The second kappa shape index (κ2) is 18.5. The van der Waals surface area contributed by atoms with Gasteiger partial charge in [-0.15, -0.1) is 0 Å². The number of rotatable bonds is 5. The van der Waals surface area contributed by atoms with E-state index in [0.29, 0.717) is 0 Å².